The summed E-state index contributed by atoms with van der Waals surface area (Å²) < 4.78 is 3.21. The van der Waals surface area contributed by atoms with Gasteiger partial charge in [0.2, 0.25) is 0 Å². The van der Waals surface area contributed by atoms with Gasteiger partial charge in [0.1, 0.15) is 0 Å². The maximum atomic E-state index is 6.31. The van der Waals surface area contributed by atoms with E-state index in [0.717, 1.165) is 27.4 Å². The highest BCUT2D eigenvalue weighted by Gasteiger charge is 2.30. The van der Waals surface area contributed by atoms with Gasteiger partial charge in [-0.15, -0.1) is 0 Å². The molecule has 0 saturated carbocycles. The van der Waals surface area contributed by atoms with Crippen molar-refractivity contribution in [1.29, 1.82) is 0 Å². The molecule has 1 saturated heterocycles. The second kappa shape index (κ2) is 4.58. The van der Waals surface area contributed by atoms with Gasteiger partial charge < -0.3 is 9.55 Å². The third-order valence-electron chi connectivity index (χ3n) is 3.54. The van der Waals surface area contributed by atoms with Crippen LogP contribution in [-0.4, -0.2) is 20.1 Å². The Labute approximate surface area is 121 Å². The Balaban J connectivity index is 2.11. The molecule has 1 aliphatic heterocycles. The normalized spacial score (nSPS) is 23.9. The molecule has 18 heavy (non-hydrogen) atoms. The van der Waals surface area contributed by atoms with Crippen LogP contribution in [0.15, 0.2) is 18.2 Å². The SMILES string of the molecule is CC1(Cn2c(=S)[nH]c3cccc(Cl)c32)CCCS1. The molecule has 1 N–H and O–H groups in total. The van der Waals surface area contributed by atoms with E-state index in [1.54, 1.807) is 0 Å². The van der Waals surface area contributed by atoms with Crippen molar-refractivity contribution in [3.8, 4) is 0 Å². The minimum atomic E-state index is 0.284. The van der Waals surface area contributed by atoms with Gasteiger partial charge in [0.15, 0.2) is 4.77 Å². The molecule has 2 aromatic rings. The standard InChI is InChI=1S/C13H15ClN2S2/c1-13(6-3-7-18-13)8-16-11-9(14)4-2-5-10(11)15-12(16)17/h2,4-5H,3,6-8H2,1H3,(H,15,17). The lowest BCUT2D eigenvalue weighted by atomic mass is 10.1. The van der Waals surface area contributed by atoms with E-state index in [4.69, 9.17) is 23.8 Å². The molecule has 5 heteroatoms. The third kappa shape index (κ3) is 2.10. The molecule has 0 aliphatic carbocycles. The number of rotatable bonds is 2. The van der Waals surface area contributed by atoms with E-state index in [2.05, 4.69) is 16.5 Å². The van der Waals surface area contributed by atoms with E-state index < -0.39 is 0 Å². The van der Waals surface area contributed by atoms with E-state index in [9.17, 15) is 0 Å². The molecule has 2 nitrogen and oxygen atoms in total. The Kier molecular flexibility index (Phi) is 3.20. The van der Waals surface area contributed by atoms with Crippen LogP contribution in [0, 0.1) is 4.77 Å². The topological polar surface area (TPSA) is 20.7 Å². The van der Waals surface area contributed by atoms with Crippen LogP contribution in [0.5, 0.6) is 0 Å². The van der Waals surface area contributed by atoms with Gasteiger partial charge in [-0.1, -0.05) is 17.7 Å². The fourth-order valence-corrected chi connectivity index (χ4v) is 4.45. The predicted octanol–water partition coefficient (Wildman–Crippen LogP) is 4.64. The van der Waals surface area contributed by atoms with E-state index in [1.165, 1.54) is 18.6 Å². The van der Waals surface area contributed by atoms with Crippen molar-refractivity contribution >= 4 is 46.6 Å². The van der Waals surface area contributed by atoms with Crippen molar-refractivity contribution in [1.82, 2.24) is 9.55 Å². The van der Waals surface area contributed by atoms with Crippen LogP contribution in [0.25, 0.3) is 11.0 Å². The summed E-state index contributed by atoms with van der Waals surface area (Å²) in [6.07, 6.45) is 2.54. The van der Waals surface area contributed by atoms with Crippen LogP contribution in [0.3, 0.4) is 0 Å². The largest absolute Gasteiger partial charge is 0.331 e. The molecule has 0 bridgehead atoms. The van der Waals surface area contributed by atoms with E-state index in [-0.39, 0.29) is 4.75 Å². The molecule has 1 aromatic heterocycles. The average Bonchev–Trinajstić information content (AvgIpc) is 2.86. The number of imidazole rings is 1. The number of aromatic amines is 1. The van der Waals surface area contributed by atoms with Gasteiger partial charge in [-0.2, -0.15) is 11.8 Å². The number of halogens is 1. The fraction of sp³-hybridized carbons (Fsp3) is 0.462. The van der Waals surface area contributed by atoms with E-state index in [1.807, 2.05) is 30.0 Å². The second-order valence-corrected chi connectivity index (χ2v) is 7.53. The van der Waals surface area contributed by atoms with Crippen molar-refractivity contribution in [2.75, 3.05) is 5.75 Å². The molecule has 1 atom stereocenters. The second-order valence-electron chi connectivity index (χ2n) is 5.05. The first-order chi connectivity index (χ1) is 8.59. The molecule has 1 unspecified atom stereocenters. The van der Waals surface area contributed by atoms with Crippen LogP contribution in [0.1, 0.15) is 19.8 Å². The first-order valence-corrected chi connectivity index (χ1v) is 7.87. The minimum absolute atomic E-state index is 0.284. The van der Waals surface area contributed by atoms with E-state index >= 15 is 0 Å². The van der Waals surface area contributed by atoms with Crippen molar-refractivity contribution in [3.63, 3.8) is 0 Å². The zero-order valence-electron chi connectivity index (χ0n) is 10.2. The molecule has 3 rings (SSSR count). The number of fused-ring (bicyclic) bond motifs is 1. The van der Waals surface area contributed by atoms with Crippen molar-refractivity contribution in [2.45, 2.75) is 31.1 Å². The van der Waals surface area contributed by atoms with Crippen LogP contribution in [0.4, 0.5) is 0 Å². The minimum Gasteiger partial charge on any atom is -0.331 e. The van der Waals surface area contributed by atoms with Gasteiger partial charge >= 0.3 is 0 Å². The molecule has 1 aromatic carbocycles. The average molecular weight is 299 g/mol. The van der Waals surface area contributed by atoms with Gasteiger partial charge in [-0.05, 0) is 49.9 Å². The predicted molar refractivity (Wildman–Crippen MR) is 82.2 cm³/mol. The van der Waals surface area contributed by atoms with Gasteiger partial charge in [0, 0.05) is 11.3 Å². The summed E-state index contributed by atoms with van der Waals surface area (Å²) in [5.41, 5.74) is 2.07. The molecular formula is C13H15ClN2S2. The summed E-state index contributed by atoms with van der Waals surface area (Å²) >= 11 is 13.8. The Bertz CT molecular complexity index is 638. The smallest absolute Gasteiger partial charge is 0.178 e. The van der Waals surface area contributed by atoms with Crippen LogP contribution in [0.2, 0.25) is 5.02 Å². The van der Waals surface area contributed by atoms with Gasteiger partial charge in [-0.25, -0.2) is 0 Å². The highest BCUT2D eigenvalue weighted by Crippen LogP contribution is 2.40. The number of H-pyrrole nitrogens is 1. The summed E-state index contributed by atoms with van der Waals surface area (Å²) in [4.78, 5) is 3.24. The quantitative estimate of drug-likeness (QED) is 0.815. The molecule has 1 aliphatic rings. The van der Waals surface area contributed by atoms with E-state index in [0.29, 0.717) is 0 Å². The fourth-order valence-electron chi connectivity index (χ4n) is 2.62. The van der Waals surface area contributed by atoms with Gasteiger partial charge in [0.05, 0.1) is 16.1 Å². The summed E-state index contributed by atoms with van der Waals surface area (Å²) in [5, 5.41) is 0.770. The van der Waals surface area contributed by atoms with Crippen LogP contribution in [-0.2, 0) is 6.54 Å². The number of thioether (sulfide) groups is 1. The lowest BCUT2D eigenvalue weighted by molar-refractivity contribution is 0.515. The summed E-state index contributed by atoms with van der Waals surface area (Å²) in [7, 11) is 0. The van der Waals surface area contributed by atoms with Crippen LogP contribution >= 0.6 is 35.6 Å². The highest BCUT2D eigenvalue weighted by molar-refractivity contribution is 8.00. The zero-order chi connectivity index (χ0) is 12.8. The summed E-state index contributed by atoms with van der Waals surface area (Å²) in [6, 6.07) is 5.90. The van der Waals surface area contributed by atoms with Crippen molar-refractivity contribution in [3.05, 3.63) is 28.0 Å². The number of para-hydroxylation sites is 1. The number of hydrogen-bond donors (Lipinski definition) is 1. The number of nitrogens with zero attached hydrogens (tertiary/aromatic N) is 1. The molecule has 1 fully saturated rings. The molecular weight excluding hydrogens is 284 g/mol. The first-order valence-electron chi connectivity index (χ1n) is 6.10. The molecule has 0 radical (unpaired) electrons. The maximum Gasteiger partial charge on any atom is 0.178 e. The number of benzene rings is 1. The van der Waals surface area contributed by atoms with Gasteiger partial charge in [0.25, 0.3) is 0 Å². The third-order valence-corrected chi connectivity index (χ3v) is 5.69. The molecule has 0 amide bonds. The monoisotopic (exact) mass is 298 g/mol. The Morgan fingerprint density at radius 3 is 3.11 bits per heavy atom. The maximum absolute atomic E-state index is 6.31. The lowest BCUT2D eigenvalue weighted by Crippen LogP contribution is -2.23. The first kappa shape index (κ1) is 12.6. The van der Waals surface area contributed by atoms with Crippen LogP contribution < -0.4 is 0 Å². The van der Waals surface area contributed by atoms with Crippen molar-refractivity contribution in [2.24, 2.45) is 0 Å². The Hall–Kier alpha value is -0.450. The Morgan fingerprint density at radius 1 is 1.56 bits per heavy atom. The summed E-state index contributed by atoms with van der Waals surface area (Å²) in [5.74, 6) is 1.25. The molecule has 0 spiro atoms. The number of hydrogen-bond acceptors (Lipinski definition) is 2. The zero-order valence-corrected chi connectivity index (χ0v) is 12.6. The molecule has 2 heterocycles. The van der Waals surface area contributed by atoms with Gasteiger partial charge in [-0.3, -0.25) is 0 Å². The number of nitrogens with one attached hydrogen (secondary N) is 1. The highest BCUT2D eigenvalue weighted by atomic mass is 35.5. The lowest BCUT2D eigenvalue weighted by Gasteiger charge is -2.23. The number of aromatic nitrogens is 2. The molecule has 96 valence electrons. The Morgan fingerprint density at radius 2 is 2.39 bits per heavy atom. The van der Waals surface area contributed by atoms with Crippen molar-refractivity contribution < 1.29 is 0 Å². The summed E-state index contributed by atoms with van der Waals surface area (Å²) in [6.45, 7) is 3.25.